The normalized spacial score (nSPS) is 10.2. The molecule has 0 fully saturated rings. The summed E-state index contributed by atoms with van der Waals surface area (Å²) in [7, 11) is 0. The molecule has 2 aromatic rings. The zero-order valence-corrected chi connectivity index (χ0v) is 14.2. The number of hydrogen-bond acceptors (Lipinski definition) is 3. The lowest BCUT2D eigenvalue weighted by Gasteiger charge is -2.09. The number of hydrogen-bond donors (Lipinski definition) is 2. The SMILES string of the molecule is NC(=O)c1ccc(OCC(=O)NCCc2cccc(Cl)c2Cl)cc1. The fraction of sp³-hybridized carbons (Fsp3) is 0.176. The van der Waals surface area contributed by atoms with E-state index in [0.29, 0.717) is 34.3 Å². The van der Waals surface area contributed by atoms with E-state index in [1.54, 1.807) is 18.2 Å². The van der Waals surface area contributed by atoms with Gasteiger partial charge in [-0.1, -0.05) is 35.3 Å². The number of nitrogens with two attached hydrogens (primary N) is 1. The van der Waals surface area contributed by atoms with Crippen molar-refractivity contribution in [3.63, 3.8) is 0 Å². The van der Waals surface area contributed by atoms with Crippen LogP contribution in [0.4, 0.5) is 0 Å². The minimum Gasteiger partial charge on any atom is -0.484 e. The molecule has 0 aromatic heterocycles. The Morgan fingerprint density at radius 1 is 1.08 bits per heavy atom. The van der Waals surface area contributed by atoms with Gasteiger partial charge in [0.15, 0.2) is 6.61 Å². The molecular weight excluding hydrogens is 351 g/mol. The van der Waals surface area contributed by atoms with Crippen molar-refractivity contribution in [2.45, 2.75) is 6.42 Å². The molecule has 0 radical (unpaired) electrons. The topological polar surface area (TPSA) is 81.4 Å². The van der Waals surface area contributed by atoms with Crippen LogP contribution in [0.5, 0.6) is 5.75 Å². The molecular formula is C17H16Cl2N2O3. The lowest BCUT2D eigenvalue weighted by atomic mass is 10.1. The van der Waals surface area contributed by atoms with Crippen LogP contribution in [-0.2, 0) is 11.2 Å². The first-order chi connectivity index (χ1) is 11.5. The summed E-state index contributed by atoms with van der Waals surface area (Å²) in [4.78, 5) is 22.7. The second-order valence-corrected chi connectivity index (χ2v) is 5.78. The highest BCUT2D eigenvalue weighted by Gasteiger charge is 2.07. The molecule has 0 saturated heterocycles. The van der Waals surface area contributed by atoms with Crippen LogP contribution in [0.2, 0.25) is 10.0 Å². The number of ether oxygens (including phenoxy) is 1. The molecule has 2 aromatic carbocycles. The average Bonchev–Trinajstić information content (AvgIpc) is 2.57. The monoisotopic (exact) mass is 366 g/mol. The van der Waals surface area contributed by atoms with E-state index < -0.39 is 5.91 Å². The zero-order valence-electron chi connectivity index (χ0n) is 12.7. The van der Waals surface area contributed by atoms with Crippen LogP contribution in [0.3, 0.4) is 0 Å². The highest BCUT2D eigenvalue weighted by atomic mass is 35.5. The number of primary amides is 1. The van der Waals surface area contributed by atoms with Crippen molar-refractivity contribution < 1.29 is 14.3 Å². The van der Waals surface area contributed by atoms with Gasteiger partial charge in [0.25, 0.3) is 5.91 Å². The lowest BCUT2D eigenvalue weighted by molar-refractivity contribution is -0.123. The molecule has 0 aliphatic carbocycles. The van der Waals surface area contributed by atoms with E-state index in [0.717, 1.165) is 5.56 Å². The minimum absolute atomic E-state index is 0.126. The van der Waals surface area contributed by atoms with E-state index in [9.17, 15) is 9.59 Å². The average molecular weight is 367 g/mol. The Kier molecular flexibility index (Phi) is 6.46. The quantitative estimate of drug-likeness (QED) is 0.790. The van der Waals surface area contributed by atoms with Gasteiger partial charge in [-0.15, -0.1) is 0 Å². The third kappa shape index (κ3) is 5.15. The van der Waals surface area contributed by atoms with Gasteiger partial charge in [-0.25, -0.2) is 0 Å². The molecule has 3 N–H and O–H groups in total. The van der Waals surface area contributed by atoms with Crippen molar-refractivity contribution in [2.24, 2.45) is 5.73 Å². The van der Waals surface area contributed by atoms with Crippen molar-refractivity contribution in [3.8, 4) is 5.75 Å². The van der Waals surface area contributed by atoms with Gasteiger partial charge in [-0.3, -0.25) is 9.59 Å². The minimum atomic E-state index is -0.515. The first-order valence-corrected chi connectivity index (χ1v) is 7.95. The Labute approximate surface area is 149 Å². The van der Waals surface area contributed by atoms with Crippen LogP contribution in [0.1, 0.15) is 15.9 Å². The number of benzene rings is 2. The molecule has 0 saturated carbocycles. The van der Waals surface area contributed by atoms with Crippen LogP contribution in [-0.4, -0.2) is 25.0 Å². The maximum Gasteiger partial charge on any atom is 0.257 e. The molecule has 5 nitrogen and oxygen atoms in total. The maximum absolute atomic E-state index is 11.8. The predicted octanol–water partition coefficient (Wildman–Crippen LogP) is 2.83. The van der Waals surface area contributed by atoms with Gasteiger partial charge >= 0.3 is 0 Å². The highest BCUT2D eigenvalue weighted by molar-refractivity contribution is 6.42. The Bertz CT molecular complexity index is 733. The molecule has 2 amide bonds. The summed E-state index contributed by atoms with van der Waals surface area (Å²) < 4.78 is 5.34. The van der Waals surface area contributed by atoms with Gasteiger partial charge in [0, 0.05) is 12.1 Å². The number of carbonyl (C=O) groups excluding carboxylic acids is 2. The Hall–Kier alpha value is -2.24. The Balaban J connectivity index is 1.75. The van der Waals surface area contributed by atoms with Crippen LogP contribution in [0.25, 0.3) is 0 Å². The second-order valence-electron chi connectivity index (χ2n) is 4.99. The van der Waals surface area contributed by atoms with Crippen LogP contribution < -0.4 is 15.8 Å². The van der Waals surface area contributed by atoms with Crippen molar-refractivity contribution in [3.05, 3.63) is 63.6 Å². The van der Waals surface area contributed by atoms with Crippen molar-refractivity contribution in [2.75, 3.05) is 13.2 Å². The van der Waals surface area contributed by atoms with Gasteiger partial charge in [0.2, 0.25) is 5.91 Å². The largest absolute Gasteiger partial charge is 0.484 e. The second kappa shape index (κ2) is 8.57. The molecule has 126 valence electrons. The number of amides is 2. The van der Waals surface area contributed by atoms with E-state index in [-0.39, 0.29) is 12.5 Å². The smallest absolute Gasteiger partial charge is 0.257 e. The highest BCUT2D eigenvalue weighted by Crippen LogP contribution is 2.25. The first kappa shape index (κ1) is 18.1. The lowest BCUT2D eigenvalue weighted by Crippen LogP contribution is -2.30. The zero-order chi connectivity index (χ0) is 17.5. The van der Waals surface area contributed by atoms with E-state index in [1.807, 2.05) is 12.1 Å². The van der Waals surface area contributed by atoms with Crippen LogP contribution in [0, 0.1) is 0 Å². The summed E-state index contributed by atoms with van der Waals surface area (Å²) in [5, 5.41) is 3.73. The summed E-state index contributed by atoms with van der Waals surface area (Å²) in [6.07, 6.45) is 0.568. The predicted molar refractivity (Wildman–Crippen MR) is 93.6 cm³/mol. The van der Waals surface area contributed by atoms with Gasteiger partial charge in [-0.05, 0) is 42.3 Å². The van der Waals surface area contributed by atoms with Gasteiger partial charge in [0.05, 0.1) is 10.0 Å². The van der Waals surface area contributed by atoms with Crippen LogP contribution >= 0.6 is 23.2 Å². The number of rotatable bonds is 7. The molecule has 0 aliphatic heterocycles. The Morgan fingerprint density at radius 3 is 2.46 bits per heavy atom. The number of nitrogens with one attached hydrogen (secondary N) is 1. The molecule has 7 heteroatoms. The molecule has 0 heterocycles. The van der Waals surface area contributed by atoms with E-state index in [4.69, 9.17) is 33.7 Å². The molecule has 24 heavy (non-hydrogen) atoms. The standard InChI is InChI=1S/C17H16Cl2N2O3/c18-14-3-1-2-11(16(14)19)8-9-21-15(22)10-24-13-6-4-12(5-7-13)17(20)23/h1-7H,8-10H2,(H2,20,23)(H,21,22). The molecule has 0 unspecified atom stereocenters. The number of halogens is 2. The van der Waals surface area contributed by atoms with Gasteiger partial charge in [0.1, 0.15) is 5.75 Å². The fourth-order valence-electron chi connectivity index (χ4n) is 1.99. The van der Waals surface area contributed by atoms with Crippen molar-refractivity contribution in [1.82, 2.24) is 5.32 Å². The van der Waals surface area contributed by atoms with E-state index in [1.165, 1.54) is 12.1 Å². The molecule has 0 spiro atoms. The van der Waals surface area contributed by atoms with Crippen molar-refractivity contribution >= 4 is 35.0 Å². The van der Waals surface area contributed by atoms with Crippen LogP contribution in [0.15, 0.2) is 42.5 Å². The fourth-order valence-corrected chi connectivity index (χ4v) is 2.41. The first-order valence-electron chi connectivity index (χ1n) is 7.19. The summed E-state index contributed by atoms with van der Waals surface area (Å²) in [5.74, 6) is -0.292. The summed E-state index contributed by atoms with van der Waals surface area (Å²) in [5.41, 5.74) is 6.40. The number of carbonyl (C=O) groups is 2. The maximum atomic E-state index is 11.8. The summed E-state index contributed by atoms with van der Waals surface area (Å²) >= 11 is 12.0. The molecule has 0 bridgehead atoms. The third-order valence-electron chi connectivity index (χ3n) is 3.26. The Morgan fingerprint density at radius 2 is 1.79 bits per heavy atom. The summed E-state index contributed by atoms with van der Waals surface area (Å²) in [6, 6.07) is 11.6. The van der Waals surface area contributed by atoms with Gasteiger partial charge < -0.3 is 15.8 Å². The summed E-state index contributed by atoms with van der Waals surface area (Å²) in [6.45, 7) is 0.294. The van der Waals surface area contributed by atoms with E-state index >= 15 is 0 Å². The molecule has 2 rings (SSSR count). The van der Waals surface area contributed by atoms with Crippen molar-refractivity contribution in [1.29, 1.82) is 0 Å². The molecule has 0 aliphatic rings. The van der Waals surface area contributed by atoms with Gasteiger partial charge in [-0.2, -0.15) is 0 Å². The van der Waals surface area contributed by atoms with E-state index in [2.05, 4.69) is 5.32 Å². The molecule has 0 atom stereocenters. The third-order valence-corrected chi connectivity index (χ3v) is 4.11.